The molecule has 22 heteroatoms. The number of benzene rings is 4. The molecule has 12 heterocycles. The van der Waals surface area contributed by atoms with E-state index >= 15 is 0 Å². The van der Waals surface area contributed by atoms with Crippen molar-refractivity contribution in [2.75, 3.05) is 54.4 Å². The summed E-state index contributed by atoms with van der Waals surface area (Å²) in [6.45, 7) is 25.4. The third-order valence-corrected chi connectivity index (χ3v) is 22.1. The van der Waals surface area contributed by atoms with Crippen LogP contribution in [0.4, 0.5) is 0 Å². The molecule has 0 radical (unpaired) electrons. The van der Waals surface area contributed by atoms with Crippen LogP contribution < -0.4 is 5.73 Å². The summed E-state index contributed by atoms with van der Waals surface area (Å²) in [5.74, 6) is -0.0747. The quantitative estimate of drug-likeness (QED) is 0.0719. The number of oxazole rings is 1. The molecule has 4 aliphatic heterocycles. The van der Waals surface area contributed by atoms with Crippen molar-refractivity contribution in [3.63, 3.8) is 0 Å². The normalized spacial score (nSPS) is 16.9. The molecule has 21 nitrogen and oxygen atoms in total. The van der Waals surface area contributed by atoms with Gasteiger partial charge < -0.3 is 68.4 Å². The fraction of sp³-hybridized carbons (Fsp3) is 0.381. The molecular formula is C84H98ClN13O8. The number of carbonyl (C=O) groups is 1. The van der Waals surface area contributed by atoms with Crippen molar-refractivity contribution in [2.24, 2.45) is 5.73 Å². The monoisotopic (exact) mass is 1450 g/mol. The molecule has 0 spiro atoms. The maximum absolute atomic E-state index is 11.3. The summed E-state index contributed by atoms with van der Waals surface area (Å²) in [5.41, 5.74) is 23.8. The molecule has 4 unspecified atom stereocenters. The van der Waals surface area contributed by atoms with Crippen molar-refractivity contribution < 1.29 is 39.2 Å². The number of likely N-dealkylation sites (N-methyl/N-ethyl adjacent to an activating group) is 4. The third kappa shape index (κ3) is 16.0. The van der Waals surface area contributed by atoms with E-state index in [9.17, 15) is 25.2 Å². The van der Waals surface area contributed by atoms with Crippen LogP contribution in [0.1, 0.15) is 128 Å². The van der Waals surface area contributed by atoms with E-state index < -0.39 is 28.3 Å². The van der Waals surface area contributed by atoms with Gasteiger partial charge in [0.2, 0.25) is 0 Å². The Morgan fingerprint density at radius 1 is 0.491 bits per heavy atom. The Balaban J connectivity index is 0.000000131. The first-order chi connectivity index (χ1) is 50.5. The van der Waals surface area contributed by atoms with Crippen molar-refractivity contribution in [3.8, 4) is 0 Å². The van der Waals surface area contributed by atoms with Gasteiger partial charge in [-0.05, 0) is 172 Å². The van der Waals surface area contributed by atoms with E-state index in [1.165, 1.54) is 102 Å². The van der Waals surface area contributed by atoms with E-state index in [1.54, 1.807) is 57.0 Å². The Morgan fingerprint density at radius 2 is 0.858 bits per heavy atom. The number of aryl methyl sites for hydroxylation is 4. The predicted octanol–water partition coefficient (Wildman–Crippen LogP) is 11.7. The standard InChI is InChI=1S/C22H26N4O2.C21H24ClN3O.C21H25N3O.C19H23N3O2.CO2/c1-14-4-7-19-16(10-14)17-12-25(3)9-8-20(17)26(19)13-22(2,28)15-5-6-18(21(23)27)24-11-15;1-14-6-7-18-19(20(14)22)16-12-24(3)10-8-17(16)25(18)13-21(2,26)15-5-4-9-23-11-15;1-15-6-7-19-17(11-15)18-13-23(3)10-8-20(18)24(19)14-21(2,25)16-5-4-9-22-12-16;1-13-4-5-16-14(8-13)15-10-21(3)7-6-17(15)22(16)11-19(2,23)18-9-20-12-24-18;2-1-3/h4-7,10-11,28H,8-9,12-13H2,1-3H3,(H2,23,27);4-7,9,11,26H,8,10,12-13H2,1-3H3;4-7,9,11-12,25H,8,10,13-14H2,1-3H3;4-5,8-9,12,23H,6-7,10-11H2,1-3H3;. The van der Waals surface area contributed by atoms with Gasteiger partial charge in [-0.3, -0.25) is 19.7 Å². The van der Waals surface area contributed by atoms with Gasteiger partial charge in [0.1, 0.15) is 28.1 Å². The van der Waals surface area contributed by atoms with Crippen LogP contribution in [0.15, 0.2) is 151 Å². The predicted molar refractivity (Wildman–Crippen MR) is 413 cm³/mol. The second kappa shape index (κ2) is 31.1. The molecule has 554 valence electrons. The van der Waals surface area contributed by atoms with E-state index in [2.05, 4.69) is 173 Å². The van der Waals surface area contributed by atoms with Gasteiger partial charge in [0.25, 0.3) is 5.91 Å². The number of amides is 1. The Hall–Kier alpha value is -9.48. The van der Waals surface area contributed by atoms with Crippen LogP contribution >= 0.6 is 11.6 Å². The molecule has 6 N–H and O–H groups in total. The molecule has 106 heavy (non-hydrogen) atoms. The molecule has 4 aliphatic rings. The molecular weight excluding hydrogens is 1350 g/mol. The van der Waals surface area contributed by atoms with Crippen LogP contribution in [0.25, 0.3) is 43.6 Å². The van der Waals surface area contributed by atoms with Gasteiger partial charge in [0.05, 0.1) is 42.9 Å². The second-order valence-electron chi connectivity index (χ2n) is 30.5. The number of rotatable bonds is 13. The van der Waals surface area contributed by atoms with Crippen molar-refractivity contribution in [1.82, 2.24) is 57.8 Å². The number of carbonyl (C=O) groups excluding carboxylic acids is 3. The Bertz CT molecular complexity index is 5180. The lowest BCUT2D eigenvalue weighted by atomic mass is 9.97. The number of hydrogen-bond acceptors (Lipinski definition) is 16. The first-order valence-electron chi connectivity index (χ1n) is 36.2. The van der Waals surface area contributed by atoms with Gasteiger partial charge in [-0.2, -0.15) is 9.59 Å². The molecule has 0 aliphatic carbocycles. The summed E-state index contributed by atoms with van der Waals surface area (Å²) >= 11 is 6.71. The minimum Gasteiger partial charge on any atom is -0.445 e. The zero-order valence-corrected chi connectivity index (χ0v) is 63.7. The zero-order chi connectivity index (χ0) is 75.7. The highest BCUT2D eigenvalue weighted by molar-refractivity contribution is 6.36. The van der Waals surface area contributed by atoms with E-state index in [1.807, 2.05) is 45.0 Å². The minimum absolute atomic E-state index is 0.196. The lowest BCUT2D eigenvalue weighted by Crippen LogP contribution is -2.31. The number of primary amides is 1. The van der Waals surface area contributed by atoms with Gasteiger partial charge in [-0.1, -0.05) is 70.8 Å². The fourth-order valence-electron chi connectivity index (χ4n) is 15.8. The first-order valence-corrected chi connectivity index (χ1v) is 36.5. The third-order valence-electron chi connectivity index (χ3n) is 21.6. The van der Waals surface area contributed by atoms with Gasteiger partial charge in [-0.15, -0.1) is 0 Å². The molecule has 0 fully saturated rings. The SMILES string of the molecule is Cc1ccc2c(c1)c1c(n2CC(C)(O)c2ccc(C(N)=O)nc2)CCN(C)C1.Cc1ccc2c(c1)c1c(n2CC(C)(O)c2cccnc2)CCN(C)C1.Cc1ccc2c(c1)c1c(n2CC(C)(O)c2cnco2)CCN(C)C1.Cc1ccc2c(c1Cl)c1c(n2CC(C)(O)c2cccnc2)CCN(C)C1.O=C=O. The van der Waals surface area contributed by atoms with Crippen LogP contribution in [0.3, 0.4) is 0 Å². The summed E-state index contributed by atoms with van der Waals surface area (Å²) in [7, 11) is 8.62. The van der Waals surface area contributed by atoms with E-state index in [0.29, 0.717) is 37.5 Å². The number of pyridine rings is 3. The largest absolute Gasteiger partial charge is 0.445 e. The van der Waals surface area contributed by atoms with Gasteiger partial charge in [-0.25, -0.2) is 4.98 Å². The van der Waals surface area contributed by atoms with Gasteiger partial charge in [0.15, 0.2) is 12.2 Å². The van der Waals surface area contributed by atoms with Crippen molar-refractivity contribution in [1.29, 1.82) is 0 Å². The van der Waals surface area contributed by atoms with Crippen molar-refractivity contribution >= 4 is 67.3 Å². The minimum atomic E-state index is -1.13. The molecule has 8 aromatic heterocycles. The maximum Gasteiger partial charge on any atom is 0.373 e. The zero-order valence-electron chi connectivity index (χ0n) is 62.9. The Kier molecular flexibility index (Phi) is 22.4. The lowest BCUT2D eigenvalue weighted by Gasteiger charge is -2.28. The highest BCUT2D eigenvalue weighted by atomic mass is 35.5. The molecule has 0 bridgehead atoms. The topological polar surface area (TPSA) is 256 Å². The first kappa shape index (κ1) is 76.2. The lowest BCUT2D eigenvalue weighted by molar-refractivity contribution is -0.191. The number of aromatic nitrogens is 8. The highest BCUT2D eigenvalue weighted by Gasteiger charge is 2.36. The summed E-state index contributed by atoms with van der Waals surface area (Å²) in [4.78, 5) is 53.3. The Morgan fingerprint density at radius 3 is 1.22 bits per heavy atom. The molecule has 1 amide bonds. The van der Waals surface area contributed by atoms with E-state index in [0.717, 1.165) is 116 Å². The van der Waals surface area contributed by atoms with Gasteiger partial charge >= 0.3 is 6.15 Å². The molecule has 0 saturated carbocycles. The molecule has 12 aromatic rings. The highest BCUT2D eigenvalue weighted by Crippen LogP contribution is 2.41. The fourth-order valence-corrected chi connectivity index (χ4v) is 16.1. The van der Waals surface area contributed by atoms with Crippen molar-refractivity contribution in [3.05, 3.63) is 247 Å². The number of hydrogen-bond donors (Lipinski definition) is 5. The number of aliphatic hydroxyl groups is 4. The average Bonchev–Trinajstić information content (AvgIpc) is 1.60. The smallest absolute Gasteiger partial charge is 0.373 e. The van der Waals surface area contributed by atoms with Crippen molar-refractivity contribution in [2.45, 2.75) is 156 Å². The van der Waals surface area contributed by atoms with Crippen LogP contribution in [0, 0.1) is 27.7 Å². The molecule has 4 aromatic carbocycles. The van der Waals surface area contributed by atoms with E-state index in [4.69, 9.17) is 31.3 Å². The molecule has 16 rings (SSSR count). The number of halogens is 1. The molecule has 4 atom stereocenters. The number of nitrogens with zero attached hydrogens (tertiary/aromatic N) is 12. The van der Waals surface area contributed by atoms with Crippen LogP contribution in [0.5, 0.6) is 0 Å². The second-order valence-corrected chi connectivity index (χ2v) is 30.9. The van der Waals surface area contributed by atoms with Gasteiger partial charge in [0, 0.05) is 187 Å². The van der Waals surface area contributed by atoms with Crippen LogP contribution in [-0.2, 0) is 110 Å². The summed E-state index contributed by atoms with van der Waals surface area (Å²) in [6, 6.07) is 34.8. The van der Waals surface area contributed by atoms with Crippen LogP contribution in [0.2, 0.25) is 5.02 Å². The Labute approximate surface area is 624 Å². The molecule has 0 saturated heterocycles. The average molecular weight is 1450 g/mol. The number of fused-ring (bicyclic) bond motifs is 12. The number of nitrogens with two attached hydrogens (primary N) is 1. The summed E-state index contributed by atoms with van der Waals surface area (Å²) in [5, 5.41) is 50.4. The van der Waals surface area contributed by atoms with Crippen LogP contribution in [-0.4, -0.2) is 145 Å². The summed E-state index contributed by atoms with van der Waals surface area (Å²) in [6.07, 6.45) is 15.6. The summed E-state index contributed by atoms with van der Waals surface area (Å²) < 4.78 is 14.5. The van der Waals surface area contributed by atoms with E-state index in [-0.39, 0.29) is 11.8 Å². The maximum atomic E-state index is 11.3.